The van der Waals surface area contributed by atoms with Gasteiger partial charge in [0.15, 0.2) is 0 Å². The van der Waals surface area contributed by atoms with E-state index in [2.05, 4.69) is 33.1 Å². The molecule has 1 aromatic carbocycles. The number of ether oxygens (including phenoxy) is 1. The lowest BCUT2D eigenvalue weighted by Gasteiger charge is -2.40. The van der Waals surface area contributed by atoms with Gasteiger partial charge in [-0.1, -0.05) is 52.8 Å². The molecule has 39 heavy (non-hydrogen) atoms. The highest BCUT2D eigenvalue weighted by atomic mass is 16.6. The normalized spacial score (nSPS) is 26.5. The van der Waals surface area contributed by atoms with Gasteiger partial charge in [-0.05, 0) is 44.6 Å². The maximum Gasteiger partial charge on any atom is 0.243 e. The molecule has 3 aliphatic rings. The zero-order chi connectivity index (χ0) is 27.2. The Morgan fingerprint density at radius 1 is 1.10 bits per heavy atom. The molecule has 3 aliphatic heterocycles. The van der Waals surface area contributed by atoms with Crippen molar-refractivity contribution in [3.05, 3.63) is 59.4 Å². The Morgan fingerprint density at radius 3 is 2.64 bits per heavy atom. The Kier molecular flexibility index (Phi) is 8.40. The first-order valence-electron chi connectivity index (χ1n) is 13.9. The maximum atomic E-state index is 13.7. The summed E-state index contributed by atoms with van der Waals surface area (Å²) in [4.78, 5) is 42.3. The average Bonchev–Trinajstić information content (AvgIpc) is 3.35. The fourth-order valence-corrected chi connectivity index (χ4v) is 5.87. The number of amides is 3. The van der Waals surface area contributed by atoms with Gasteiger partial charge in [-0.3, -0.25) is 14.4 Å². The summed E-state index contributed by atoms with van der Waals surface area (Å²) in [5, 5.41) is 14.0. The van der Waals surface area contributed by atoms with Crippen LogP contribution in [0, 0.1) is 18.3 Å². The molecule has 0 aliphatic carbocycles. The van der Waals surface area contributed by atoms with E-state index in [0.29, 0.717) is 76.2 Å². The first kappa shape index (κ1) is 27.1. The molecule has 0 saturated carbocycles. The number of likely N-dealkylation sites (tertiary alicyclic amines) is 1. The van der Waals surface area contributed by atoms with Gasteiger partial charge in [0.2, 0.25) is 17.7 Å². The highest BCUT2D eigenvalue weighted by Crippen LogP contribution is 2.36. The second-order valence-electron chi connectivity index (χ2n) is 11.0. The van der Waals surface area contributed by atoms with Gasteiger partial charge in [-0.15, -0.1) is 0 Å². The van der Waals surface area contributed by atoms with E-state index in [1.807, 2.05) is 35.2 Å². The van der Waals surface area contributed by atoms with E-state index >= 15 is 0 Å². The second-order valence-corrected chi connectivity index (χ2v) is 11.0. The third-order valence-electron chi connectivity index (χ3n) is 8.43. The number of rotatable bonds is 4. The molecule has 1 aromatic heterocycles. The molecule has 10 nitrogen and oxygen atoms in total. The molecule has 4 heterocycles. The second kappa shape index (κ2) is 12.1. The Hall–Kier alpha value is -3.53. The van der Waals surface area contributed by atoms with Crippen LogP contribution in [0.2, 0.25) is 0 Å². The van der Waals surface area contributed by atoms with E-state index in [0.717, 1.165) is 5.56 Å². The fourth-order valence-electron chi connectivity index (χ4n) is 5.87. The Morgan fingerprint density at radius 2 is 1.90 bits per heavy atom. The predicted molar refractivity (Wildman–Crippen MR) is 142 cm³/mol. The van der Waals surface area contributed by atoms with Gasteiger partial charge in [-0.2, -0.15) is 0 Å². The van der Waals surface area contributed by atoms with Gasteiger partial charge in [0.1, 0.15) is 17.4 Å². The van der Waals surface area contributed by atoms with Gasteiger partial charge in [0.05, 0.1) is 11.8 Å². The van der Waals surface area contributed by atoms with Gasteiger partial charge < -0.3 is 20.3 Å². The number of allylic oxidation sites excluding steroid dienone is 2. The van der Waals surface area contributed by atoms with Crippen molar-refractivity contribution in [2.24, 2.45) is 11.3 Å². The van der Waals surface area contributed by atoms with Crippen LogP contribution >= 0.6 is 0 Å². The fraction of sp³-hybridized carbons (Fsp3) is 0.552. The molecule has 208 valence electrons. The minimum atomic E-state index is -0.689. The summed E-state index contributed by atoms with van der Waals surface area (Å²) in [7, 11) is 0. The number of nitrogens with zero attached hydrogens (tertiary/aromatic N) is 3. The predicted octanol–water partition coefficient (Wildman–Crippen LogP) is 2.13. The molecule has 2 aromatic rings. The zero-order valence-electron chi connectivity index (χ0n) is 22.4. The van der Waals surface area contributed by atoms with Crippen LogP contribution in [0.3, 0.4) is 0 Å². The highest BCUT2D eigenvalue weighted by molar-refractivity contribution is 5.90. The molecule has 3 amide bonds. The molecule has 5 rings (SSSR count). The topological polar surface area (TPSA) is 127 Å². The number of piperidine rings is 1. The van der Waals surface area contributed by atoms with E-state index < -0.39 is 11.5 Å². The molecular formula is C29H37N5O5. The standard InChI is InChI=1S/C29H37N5O5/c1-20-24(33-39-32-20)18-26(35)34-14-10-23-22(19-34)9-5-6-11-29(12-15-38-16-13-29)28(37)31-25(27(36)30-23)17-21-7-3-2-4-8-21/h2-8,22-23,25H,9-19H2,1H3,(H,30,36)(H,31,37)/b6-5+/t22-,23+,25-/m1/s1. The molecule has 2 saturated heterocycles. The van der Waals surface area contributed by atoms with E-state index in [1.54, 1.807) is 6.92 Å². The SMILES string of the molecule is Cc1nonc1CC(=O)N1CC[C@@H]2NC(=O)[C@@H](Cc3ccccc3)NC(=O)C3(C/C=C/C[C@@H]2C1)CCOCC3. The first-order valence-corrected chi connectivity index (χ1v) is 13.9. The van der Waals surface area contributed by atoms with Crippen molar-refractivity contribution in [1.29, 1.82) is 0 Å². The van der Waals surface area contributed by atoms with Gasteiger partial charge in [0.25, 0.3) is 0 Å². The number of aromatic nitrogens is 2. The molecule has 2 fully saturated rings. The lowest BCUT2D eigenvalue weighted by atomic mass is 9.75. The lowest BCUT2D eigenvalue weighted by molar-refractivity contribution is -0.140. The van der Waals surface area contributed by atoms with Crippen LogP contribution in [-0.2, 0) is 32.0 Å². The Bertz CT molecular complexity index is 1190. The van der Waals surface area contributed by atoms with Crippen molar-refractivity contribution < 1.29 is 23.7 Å². The van der Waals surface area contributed by atoms with Crippen LogP contribution in [0.5, 0.6) is 0 Å². The zero-order valence-corrected chi connectivity index (χ0v) is 22.4. The minimum absolute atomic E-state index is 0.0240. The van der Waals surface area contributed by atoms with Crippen LogP contribution in [0.1, 0.15) is 49.1 Å². The summed E-state index contributed by atoms with van der Waals surface area (Å²) >= 11 is 0. The third kappa shape index (κ3) is 6.38. The van der Waals surface area contributed by atoms with Crippen molar-refractivity contribution in [3.8, 4) is 0 Å². The molecule has 10 heteroatoms. The summed E-state index contributed by atoms with van der Waals surface area (Å²) in [6, 6.07) is 8.97. The summed E-state index contributed by atoms with van der Waals surface area (Å²) in [6.07, 6.45) is 7.94. The van der Waals surface area contributed by atoms with Crippen LogP contribution < -0.4 is 10.6 Å². The minimum Gasteiger partial charge on any atom is -0.381 e. The van der Waals surface area contributed by atoms with E-state index in [9.17, 15) is 14.4 Å². The van der Waals surface area contributed by atoms with Crippen molar-refractivity contribution in [3.63, 3.8) is 0 Å². The number of benzene rings is 1. The van der Waals surface area contributed by atoms with E-state index in [4.69, 9.17) is 9.37 Å². The molecule has 1 spiro atoms. The monoisotopic (exact) mass is 535 g/mol. The summed E-state index contributed by atoms with van der Waals surface area (Å²) in [6.45, 7) is 3.90. The van der Waals surface area contributed by atoms with Gasteiger partial charge in [-0.25, -0.2) is 4.63 Å². The van der Waals surface area contributed by atoms with Crippen molar-refractivity contribution in [2.45, 2.75) is 64.0 Å². The largest absolute Gasteiger partial charge is 0.381 e. The Labute approximate surface area is 228 Å². The number of hydrogen-bond donors (Lipinski definition) is 2. The Balaban J connectivity index is 1.36. The molecule has 0 bridgehead atoms. The summed E-state index contributed by atoms with van der Waals surface area (Å²) in [5.41, 5.74) is 1.56. The van der Waals surface area contributed by atoms with Crippen LogP contribution in [0.4, 0.5) is 0 Å². The summed E-state index contributed by atoms with van der Waals surface area (Å²) < 4.78 is 10.3. The number of aryl methyl sites for hydroxylation is 1. The number of carbonyl (C=O) groups is 3. The van der Waals surface area contributed by atoms with Crippen molar-refractivity contribution >= 4 is 17.7 Å². The van der Waals surface area contributed by atoms with Crippen LogP contribution in [0.15, 0.2) is 47.1 Å². The van der Waals surface area contributed by atoms with Crippen molar-refractivity contribution in [2.75, 3.05) is 26.3 Å². The van der Waals surface area contributed by atoms with Crippen LogP contribution in [-0.4, -0.2) is 71.3 Å². The van der Waals surface area contributed by atoms with E-state index in [1.165, 1.54) is 0 Å². The van der Waals surface area contributed by atoms with Crippen LogP contribution in [0.25, 0.3) is 0 Å². The molecular weight excluding hydrogens is 498 g/mol. The maximum absolute atomic E-state index is 13.7. The average molecular weight is 536 g/mol. The number of carbonyl (C=O) groups excluding carboxylic acids is 3. The number of nitrogens with one attached hydrogen (secondary N) is 2. The smallest absolute Gasteiger partial charge is 0.243 e. The van der Waals surface area contributed by atoms with Gasteiger partial charge >= 0.3 is 0 Å². The quantitative estimate of drug-likeness (QED) is 0.575. The number of fused-ring (bicyclic) bond motifs is 1. The molecule has 0 unspecified atom stereocenters. The number of hydrogen-bond acceptors (Lipinski definition) is 7. The molecule has 2 N–H and O–H groups in total. The van der Waals surface area contributed by atoms with Gasteiger partial charge in [0, 0.05) is 44.7 Å². The third-order valence-corrected chi connectivity index (χ3v) is 8.43. The van der Waals surface area contributed by atoms with E-state index in [-0.39, 0.29) is 36.1 Å². The first-order chi connectivity index (χ1) is 18.9. The van der Waals surface area contributed by atoms with Crippen molar-refractivity contribution in [1.82, 2.24) is 25.8 Å². The molecule has 3 atom stereocenters. The molecule has 0 radical (unpaired) electrons. The lowest BCUT2D eigenvalue weighted by Crippen LogP contribution is -2.58. The highest BCUT2D eigenvalue weighted by Gasteiger charge is 2.41. The summed E-state index contributed by atoms with van der Waals surface area (Å²) in [5.74, 6) is -0.235.